The van der Waals surface area contributed by atoms with Crippen LogP contribution in [-0.2, 0) is 21.4 Å². The predicted molar refractivity (Wildman–Crippen MR) is 158 cm³/mol. The first-order valence-electron chi connectivity index (χ1n) is 12.7. The van der Waals surface area contributed by atoms with E-state index in [9.17, 15) is 13.2 Å². The van der Waals surface area contributed by atoms with Crippen LogP contribution in [0.4, 0.5) is 5.69 Å². The van der Waals surface area contributed by atoms with Crippen molar-refractivity contribution in [1.82, 2.24) is 5.43 Å². The monoisotopic (exact) mass is 573 g/mol. The van der Waals surface area contributed by atoms with Crippen LogP contribution in [0, 0.1) is 6.92 Å². The van der Waals surface area contributed by atoms with E-state index in [-0.39, 0.29) is 10.6 Å². The maximum absolute atomic E-state index is 13.6. The van der Waals surface area contributed by atoms with Crippen molar-refractivity contribution >= 4 is 27.8 Å². The second-order valence-electron chi connectivity index (χ2n) is 8.97. The van der Waals surface area contributed by atoms with Crippen molar-refractivity contribution in [3.8, 4) is 17.2 Å². The number of hydrogen-bond donors (Lipinski definition) is 1. The van der Waals surface area contributed by atoms with E-state index in [1.54, 1.807) is 54.6 Å². The van der Waals surface area contributed by atoms with Crippen molar-refractivity contribution in [2.45, 2.75) is 18.4 Å². The summed E-state index contributed by atoms with van der Waals surface area (Å²) in [6, 6.07) is 28.0. The first-order valence-corrected chi connectivity index (χ1v) is 14.1. The third kappa shape index (κ3) is 7.43. The quantitative estimate of drug-likeness (QED) is 0.190. The van der Waals surface area contributed by atoms with Crippen molar-refractivity contribution in [3.05, 3.63) is 114 Å². The molecule has 0 saturated heterocycles. The number of nitrogens with one attached hydrogen (secondary N) is 1. The molecule has 0 fully saturated rings. The van der Waals surface area contributed by atoms with Gasteiger partial charge in [0.15, 0.2) is 11.5 Å². The Morgan fingerprint density at radius 1 is 0.854 bits per heavy atom. The standard InChI is InChI=1S/C31H31N3O6S/c1-23-13-16-26(17-14-23)41(36,37)34(27-11-7-8-12-28(27)38-2)21-31(35)33-32-20-25-15-18-29(30(19-25)39-3)40-22-24-9-5-4-6-10-24/h4-20H,21-22H2,1-3H3,(H,33,35)/b32-20-. The maximum atomic E-state index is 13.6. The summed E-state index contributed by atoms with van der Waals surface area (Å²) in [5, 5.41) is 4.02. The van der Waals surface area contributed by atoms with Gasteiger partial charge in [-0.05, 0) is 60.5 Å². The molecule has 4 rings (SSSR count). The van der Waals surface area contributed by atoms with Gasteiger partial charge in [-0.1, -0.05) is 60.2 Å². The Kier molecular flexibility index (Phi) is 9.60. The number of para-hydroxylation sites is 2. The normalized spacial score (nSPS) is 11.2. The van der Waals surface area contributed by atoms with E-state index >= 15 is 0 Å². The molecule has 0 aliphatic heterocycles. The number of carbonyl (C=O) groups excluding carboxylic acids is 1. The van der Waals surface area contributed by atoms with Crippen LogP contribution < -0.4 is 23.9 Å². The molecule has 1 amide bonds. The first kappa shape index (κ1) is 29.2. The van der Waals surface area contributed by atoms with Gasteiger partial charge in [0.1, 0.15) is 18.9 Å². The van der Waals surface area contributed by atoms with Crippen LogP contribution in [0.1, 0.15) is 16.7 Å². The van der Waals surface area contributed by atoms with Gasteiger partial charge >= 0.3 is 0 Å². The number of anilines is 1. The van der Waals surface area contributed by atoms with E-state index in [1.165, 1.54) is 32.6 Å². The molecule has 0 aliphatic rings. The zero-order valence-electron chi connectivity index (χ0n) is 23.0. The van der Waals surface area contributed by atoms with Gasteiger partial charge in [-0.15, -0.1) is 0 Å². The van der Waals surface area contributed by atoms with E-state index < -0.39 is 22.5 Å². The van der Waals surface area contributed by atoms with Crippen LogP contribution in [0.15, 0.2) is 107 Å². The fourth-order valence-corrected chi connectivity index (χ4v) is 5.37. The van der Waals surface area contributed by atoms with E-state index in [1.807, 2.05) is 37.3 Å². The fourth-order valence-electron chi connectivity index (χ4n) is 3.94. The number of amides is 1. The third-order valence-electron chi connectivity index (χ3n) is 6.08. The van der Waals surface area contributed by atoms with E-state index in [2.05, 4.69) is 10.5 Å². The van der Waals surface area contributed by atoms with Gasteiger partial charge in [-0.2, -0.15) is 5.10 Å². The third-order valence-corrected chi connectivity index (χ3v) is 7.85. The molecule has 0 aliphatic carbocycles. The lowest BCUT2D eigenvalue weighted by Crippen LogP contribution is -2.39. The highest BCUT2D eigenvalue weighted by molar-refractivity contribution is 7.92. The fraction of sp³-hybridized carbons (Fsp3) is 0.161. The number of rotatable bonds is 12. The van der Waals surface area contributed by atoms with Crippen LogP contribution in [0.3, 0.4) is 0 Å². The molecule has 1 N–H and O–H groups in total. The highest BCUT2D eigenvalue weighted by atomic mass is 32.2. The number of hydrazone groups is 1. The minimum atomic E-state index is -4.10. The summed E-state index contributed by atoms with van der Waals surface area (Å²) in [5.74, 6) is 0.729. The molecular formula is C31H31N3O6S. The van der Waals surface area contributed by atoms with Crippen LogP contribution in [0.5, 0.6) is 17.2 Å². The molecule has 212 valence electrons. The second kappa shape index (κ2) is 13.5. The van der Waals surface area contributed by atoms with Crippen LogP contribution in [-0.4, -0.2) is 41.3 Å². The predicted octanol–water partition coefficient (Wildman–Crippen LogP) is 4.94. The van der Waals surface area contributed by atoms with Gasteiger partial charge in [0.2, 0.25) is 0 Å². The van der Waals surface area contributed by atoms with E-state index in [0.29, 0.717) is 29.4 Å². The summed E-state index contributed by atoms with van der Waals surface area (Å²) in [5.41, 5.74) is 5.21. The molecule has 0 saturated carbocycles. The summed E-state index contributed by atoms with van der Waals surface area (Å²) >= 11 is 0. The molecule has 0 bridgehead atoms. The lowest BCUT2D eigenvalue weighted by atomic mass is 10.2. The van der Waals surface area contributed by atoms with Gasteiger partial charge in [-0.25, -0.2) is 13.8 Å². The molecule has 0 aromatic heterocycles. The number of hydrogen-bond acceptors (Lipinski definition) is 7. The van der Waals surface area contributed by atoms with Crippen molar-refractivity contribution in [2.75, 3.05) is 25.1 Å². The molecule has 0 unspecified atom stereocenters. The van der Waals surface area contributed by atoms with Crippen molar-refractivity contribution < 1.29 is 27.4 Å². The molecule has 4 aromatic rings. The smallest absolute Gasteiger partial charge is 0.264 e. The molecule has 0 spiro atoms. The number of sulfonamides is 1. The molecule has 0 atom stereocenters. The average molecular weight is 574 g/mol. The Hall–Kier alpha value is -4.83. The molecule has 9 nitrogen and oxygen atoms in total. The summed E-state index contributed by atoms with van der Waals surface area (Å²) in [7, 11) is -1.13. The number of aryl methyl sites for hydroxylation is 1. The van der Waals surface area contributed by atoms with Gasteiger partial charge in [-0.3, -0.25) is 9.10 Å². The van der Waals surface area contributed by atoms with E-state index in [0.717, 1.165) is 15.4 Å². The Morgan fingerprint density at radius 3 is 2.24 bits per heavy atom. The summed E-state index contributed by atoms with van der Waals surface area (Å²) < 4.78 is 44.9. The minimum Gasteiger partial charge on any atom is -0.495 e. The molecule has 0 radical (unpaired) electrons. The lowest BCUT2D eigenvalue weighted by Gasteiger charge is -2.25. The number of nitrogens with zero attached hydrogens (tertiary/aromatic N) is 2. The van der Waals surface area contributed by atoms with Gasteiger partial charge in [0, 0.05) is 0 Å². The molecule has 10 heteroatoms. The van der Waals surface area contributed by atoms with Gasteiger partial charge in [0.25, 0.3) is 15.9 Å². The van der Waals surface area contributed by atoms with E-state index in [4.69, 9.17) is 14.2 Å². The van der Waals surface area contributed by atoms with Gasteiger partial charge in [0.05, 0.1) is 31.0 Å². The molecule has 4 aromatic carbocycles. The largest absolute Gasteiger partial charge is 0.495 e. The highest BCUT2D eigenvalue weighted by Crippen LogP contribution is 2.32. The lowest BCUT2D eigenvalue weighted by molar-refractivity contribution is -0.119. The summed E-state index contributed by atoms with van der Waals surface area (Å²) in [6.07, 6.45) is 1.43. The molecule has 0 heterocycles. The summed E-state index contributed by atoms with van der Waals surface area (Å²) in [4.78, 5) is 13.0. The van der Waals surface area contributed by atoms with Crippen molar-refractivity contribution in [1.29, 1.82) is 0 Å². The topological polar surface area (TPSA) is 107 Å². The van der Waals surface area contributed by atoms with Crippen molar-refractivity contribution in [3.63, 3.8) is 0 Å². The zero-order valence-corrected chi connectivity index (χ0v) is 23.8. The van der Waals surface area contributed by atoms with Crippen molar-refractivity contribution in [2.24, 2.45) is 5.10 Å². The number of ether oxygens (including phenoxy) is 3. The second-order valence-corrected chi connectivity index (χ2v) is 10.8. The SMILES string of the molecule is COc1cc(/C=N\NC(=O)CN(c2ccccc2OC)S(=O)(=O)c2ccc(C)cc2)ccc1OCc1ccccc1. The Labute approximate surface area is 240 Å². The zero-order chi connectivity index (χ0) is 29.2. The number of carbonyl (C=O) groups is 1. The molecular weight excluding hydrogens is 542 g/mol. The van der Waals surface area contributed by atoms with Gasteiger partial charge < -0.3 is 14.2 Å². The average Bonchev–Trinajstić information content (AvgIpc) is 2.99. The maximum Gasteiger partial charge on any atom is 0.264 e. The summed E-state index contributed by atoms with van der Waals surface area (Å²) in [6.45, 7) is 1.72. The van der Waals surface area contributed by atoms with Crippen LogP contribution in [0.25, 0.3) is 0 Å². The Balaban J connectivity index is 1.48. The minimum absolute atomic E-state index is 0.0481. The van der Waals surface area contributed by atoms with Crippen LogP contribution in [0.2, 0.25) is 0 Å². The molecule has 41 heavy (non-hydrogen) atoms. The highest BCUT2D eigenvalue weighted by Gasteiger charge is 2.29. The first-order chi connectivity index (χ1) is 19.8. The number of methoxy groups -OCH3 is 2. The Morgan fingerprint density at radius 2 is 1.54 bits per heavy atom. The number of benzene rings is 4. The Bertz CT molecular complexity index is 1610. The van der Waals surface area contributed by atoms with Crippen LogP contribution >= 0.6 is 0 Å².